The Labute approximate surface area is 148 Å². The molecule has 1 N–H and O–H groups in total. The molecular formula is C19H27NO5. The number of ether oxygens (including phenoxy) is 2. The standard InChI is InChI=1S/C19H27NO5/c1-12-10-15(13(2)21)16(22)11-17(12)24-14-6-8-20(9-7-14)18(23)25-19(3,4)5/h10-11,14,22H,6-9H2,1-5H3. The number of aryl methyl sites for hydroxylation is 1. The van der Waals surface area contributed by atoms with Gasteiger partial charge >= 0.3 is 6.09 Å². The number of aromatic hydroxyl groups is 1. The van der Waals surface area contributed by atoms with Crippen LogP contribution in [0.3, 0.4) is 0 Å². The number of rotatable bonds is 3. The maximum absolute atomic E-state index is 12.1. The van der Waals surface area contributed by atoms with E-state index in [4.69, 9.17) is 9.47 Å². The lowest BCUT2D eigenvalue weighted by atomic mass is 10.1. The second-order valence-corrected chi connectivity index (χ2v) is 7.48. The summed E-state index contributed by atoms with van der Waals surface area (Å²) in [5, 5.41) is 9.97. The van der Waals surface area contributed by atoms with Gasteiger partial charge in [-0.15, -0.1) is 0 Å². The third-order valence-corrected chi connectivity index (χ3v) is 4.06. The average molecular weight is 349 g/mol. The molecule has 1 saturated heterocycles. The molecule has 0 atom stereocenters. The van der Waals surface area contributed by atoms with Crippen LogP contribution in [0.15, 0.2) is 12.1 Å². The van der Waals surface area contributed by atoms with Crippen molar-refractivity contribution in [2.75, 3.05) is 13.1 Å². The van der Waals surface area contributed by atoms with Crippen LogP contribution in [0, 0.1) is 6.92 Å². The van der Waals surface area contributed by atoms with Crippen molar-refractivity contribution in [1.29, 1.82) is 0 Å². The second kappa shape index (κ2) is 7.33. The van der Waals surface area contributed by atoms with Crippen molar-refractivity contribution < 1.29 is 24.2 Å². The smallest absolute Gasteiger partial charge is 0.410 e. The number of ketones is 1. The maximum Gasteiger partial charge on any atom is 0.410 e. The van der Waals surface area contributed by atoms with E-state index in [9.17, 15) is 14.7 Å². The van der Waals surface area contributed by atoms with Crippen molar-refractivity contribution >= 4 is 11.9 Å². The van der Waals surface area contributed by atoms with Crippen LogP contribution in [0.4, 0.5) is 4.79 Å². The van der Waals surface area contributed by atoms with E-state index < -0.39 is 5.60 Å². The molecule has 1 aliphatic rings. The summed E-state index contributed by atoms with van der Waals surface area (Å²) in [6.45, 7) is 9.94. The highest BCUT2D eigenvalue weighted by atomic mass is 16.6. The first-order valence-corrected chi connectivity index (χ1v) is 8.56. The van der Waals surface area contributed by atoms with E-state index in [2.05, 4.69) is 0 Å². The van der Waals surface area contributed by atoms with Gasteiger partial charge in [0.1, 0.15) is 23.2 Å². The van der Waals surface area contributed by atoms with Gasteiger partial charge in [-0.2, -0.15) is 0 Å². The molecule has 138 valence electrons. The largest absolute Gasteiger partial charge is 0.507 e. The monoisotopic (exact) mass is 349 g/mol. The molecule has 1 heterocycles. The summed E-state index contributed by atoms with van der Waals surface area (Å²) < 4.78 is 11.4. The number of nitrogens with zero attached hydrogens (tertiary/aromatic N) is 1. The molecule has 0 spiro atoms. The zero-order valence-electron chi connectivity index (χ0n) is 15.6. The minimum absolute atomic E-state index is 0.0417. The van der Waals surface area contributed by atoms with Crippen LogP contribution < -0.4 is 4.74 Å². The molecule has 0 saturated carbocycles. The van der Waals surface area contributed by atoms with E-state index in [1.807, 2.05) is 27.7 Å². The van der Waals surface area contributed by atoms with Crippen LogP contribution >= 0.6 is 0 Å². The minimum Gasteiger partial charge on any atom is -0.507 e. The minimum atomic E-state index is -0.502. The zero-order valence-corrected chi connectivity index (χ0v) is 15.6. The van der Waals surface area contributed by atoms with Crippen molar-refractivity contribution in [3.8, 4) is 11.5 Å². The number of hydrogen-bond donors (Lipinski definition) is 1. The Morgan fingerprint density at radius 2 is 1.80 bits per heavy atom. The van der Waals surface area contributed by atoms with Crippen LogP contribution in [0.1, 0.15) is 56.5 Å². The SMILES string of the molecule is CC(=O)c1cc(C)c(OC2CCN(C(=O)OC(C)(C)C)CC2)cc1O. The van der Waals surface area contributed by atoms with Crippen molar-refractivity contribution in [1.82, 2.24) is 4.90 Å². The molecular weight excluding hydrogens is 322 g/mol. The molecule has 1 aliphatic heterocycles. The predicted octanol–water partition coefficient (Wildman–Crippen LogP) is 3.68. The summed E-state index contributed by atoms with van der Waals surface area (Å²) >= 11 is 0. The molecule has 0 bridgehead atoms. The Hall–Kier alpha value is -2.24. The fourth-order valence-electron chi connectivity index (χ4n) is 2.75. The zero-order chi connectivity index (χ0) is 18.8. The molecule has 1 amide bonds. The maximum atomic E-state index is 12.1. The van der Waals surface area contributed by atoms with Crippen molar-refractivity contribution in [3.63, 3.8) is 0 Å². The Kier molecular flexibility index (Phi) is 5.60. The number of phenols is 1. The average Bonchev–Trinajstić information content (AvgIpc) is 2.49. The van der Waals surface area contributed by atoms with E-state index in [0.717, 1.165) is 5.56 Å². The number of amides is 1. The quantitative estimate of drug-likeness (QED) is 0.843. The summed E-state index contributed by atoms with van der Waals surface area (Å²) in [6, 6.07) is 3.13. The molecule has 1 aromatic rings. The Morgan fingerprint density at radius 1 is 1.20 bits per heavy atom. The van der Waals surface area contributed by atoms with Gasteiger partial charge in [0.05, 0.1) is 5.56 Å². The fraction of sp³-hybridized carbons (Fsp3) is 0.579. The summed E-state index contributed by atoms with van der Waals surface area (Å²) in [4.78, 5) is 25.2. The Bertz CT molecular complexity index is 655. The number of Topliss-reactive ketones (excluding diaryl/α,β-unsaturated/α-hetero) is 1. The first-order valence-electron chi connectivity index (χ1n) is 8.56. The number of hydrogen-bond acceptors (Lipinski definition) is 5. The van der Waals surface area contributed by atoms with Gasteiger partial charge in [0.15, 0.2) is 5.78 Å². The predicted molar refractivity (Wildman–Crippen MR) is 94.3 cm³/mol. The molecule has 0 aromatic heterocycles. The lowest BCUT2D eigenvalue weighted by Gasteiger charge is -2.33. The Balaban J connectivity index is 1.95. The van der Waals surface area contributed by atoms with Crippen LogP contribution in [0.25, 0.3) is 0 Å². The summed E-state index contributed by atoms with van der Waals surface area (Å²) in [5.41, 5.74) is 0.597. The summed E-state index contributed by atoms with van der Waals surface area (Å²) in [5.74, 6) is 0.315. The van der Waals surface area contributed by atoms with E-state index in [-0.39, 0.29) is 23.7 Å². The van der Waals surface area contributed by atoms with Gasteiger partial charge in [0.2, 0.25) is 0 Å². The highest BCUT2D eigenvalue weighted by Crippen LogP contribution is 2.30. The van der Waals surface area contributed by atoms with Gasteiger partial charge in [-0.05, 0) is 46.2 Å². The molecule has 0 unspecified atom stereocenters. The fourth-order valence-corrected chi connectivity index (χ4v) is 2.75. The van der Waals surface area contributed by atoms with Gasteiger partial charge in [-0.1, -0.05) is 0 Å². The normalized spacial score (nSPS) is 15.8. The van der Waals surface area contributed by atoms with E-state index >= 15 is 0 Å². The topological polar surface area (TPSA) is 76.1 Å². The lowest BCUT2D eigenvalue weighted by Crippen LogP contribution is -2.44. The Morgan fingerprint density at radius 3 is 2.32 bits per heavy atom. The molecule has 0 radical (unpaired) electrons. The second-order valence-electron chi connectivity index (χ2n) is 7.48. The highest BCUT2D eigenvalue weighted by molar-refractivity contribution is 5.97. The molecule has 1 aromatic carbocycles. The molecule has 25 heavy (non-hydrogen) atoms. The van der Waals surface area contributed by atoms with E-state index in [1.54, 1.807) is 11.0 Å². The summed E-state index contributed by atoms with van der Waals surface area (Å²) in [6.07, 6.45) is 1.03. The molecule has 2 rings (SSSR count). The van der Waals surface area contributed by atoms with Gasteiger partial charge in [-0.25, -0.2) is 4.79 Å². The van der Waals surface area contributed by atoms with E-state index in [0.29, 0.717) is 37.2 Å². The molecule has 1 fully saturated rings. The number of piperidine rings is 1. The first kappa shape index (κ1) is 19.1. The van der Waals surface area contributed by atoms with Crippen LogP contribution in [0.5, 0.6) is 11.5 Å². The van der Waals surface area contributed by atoms with E-state index in [1.165, 1.54) is 13.0 Å². The van der Waals surface area contributed by atoms with Crippen molar-refractivity contribution in [3.05, 3.63) is 23.3 Å². The highest BCUT2D eigenvalue weighted by Gasteiger charge is 2.28. The summed E-state index contributed by atoms with van der Waals surface area (Å²) in [7, 11) is 0. The molecule has 6 heteroatoms. The van der Waals surface area contributed by atoms with Gasteiger partial charge in [0, 0.05) is 32.0 Å². The number of carbonyl (C=O) groups excluding carboxylic acids is 2. The van der Waals surface area contributed by atoms with Crippen LogP contribution in [-0.2, 0) is 4.74 Å². The molecule has 0 aliphatic carbocycles. The number of phenolic OH excluding ortho intramolecular Hbond substituents is 1. The first-order chi connectivity index (χ1) is 11.6. The third kappa shape index (κ3) is 5.11. The number of carbonyl (C=O) groups is 2. The van der Waals surface area contributed by atoms with Crippen molar-refractivity contribution in [2.24, 2.45) is 0 Å². The molecule has 6 nitrogen and oxygen atoms in total. The van der Waals surface area contributed by atoms with Crippen LogP contribution in [0.2, 0.25) is 0 Å². The number of likely N-dealkylation sites (tertiary alicyclic amines) is 1. The van der Waals surface area contributed by atoms with Crippen molar-refractivity contribution in [2.45, 2.75) is 59.2 Å². The number of benzene rings is 1. The van der Waals surface area contributed by atoms with Gasteiger partial charge in [-0.3, -0.25) is 4.79 Å². The van der Waals surface area contributed by atoms with Gasteiger partial charge < -0.3 is 19.5 Å². The lowest BCUT2D eigenvalue weighted by molar-refractivity contribution is 0.0126. The van der Waals surface area contributed by atoms with Crippen LogP contribution in [-0.4, -0.2) is 46.7 Å². The van der Waals surface area contributed by atoms with Gasteiger partial charge in [0.25, 0.3) is 0 Å². The third-order valence-electron chi connectivity index (χ3n) is 4.06.